The normalized spacial score (nSPS) is 12.8. The molecule has 0 aliphatic rings. The molecule has 0 aromatic heterocycles. The first-order valence-corrected chi connectivity index (χ1v) is 6.51. The van der Waals surface area contributed by atoms with E-state index in [-0.39, 0.29) is 11.8 Å². The molecule has 0 saturated carbocycles. The number of hydrogen-bond acceptors (Lipinski definition) is 2. The first-order chi connectivity index (χ1) is 9.09. The molecular formula is C16H20N2O. The number of carbonyl (C=O) groups is 1. The molecule has 0 unspecified atom stereocenters. The molecule has 1 amide bonds. The second-order valence-corrected chi connectivity index (χ2v) is 5.12. The smallest absolute Gasteiger partial charge is 0.225 e. The van der Waals surface area contributed by atoms with Crippen LogP contribution in [0, 0.1) is 0 Å². The minimum Gasteiger partial charge on any atom is -0.369 e. The van der Waals surface area contributed by atoms with E-state index in [2.05, 4.69) is 23.1 Å². The maximum atomic E-state index is 11.8. The zero-order chi connectivity index (χ0) is 13.8. The molecule has 100 valence electrons. The second-order valence-electron chi connectivity index (χ2n) is 5.12. The van der Waals surface area contributed by atoms with Crippen molar-refractivity contribution in [2.45, 2.75) is 12.3 Å². The molecule has 2 rings (SSSR count). The zero-order valence-corrected chi connectivity index (χ0v) is 11.5. The van der Waals surface area contributed by atoms with Crippen LogP contribution in [0.1, 0.15) is 17.9 Å². The van der Waals surface area contributed by atoms with Crippen molar-refractivity contribution in [3.63, 3.8) is 0 Å². The van der Waals surface area contributed by atoms with Gasteiger partial charge in [-0.25, -0.2) is 0 Å². The van der Waals surface area contributed by atoms with Crippen LogP contribution in [0.4, 0.5) is 0 Å². The van der Waals surface area contributed by atoms with Crippen LogP contribution in [-0.2, 0) is 4.79 Å². The van der Waals surface area contributed by atoms with Gasteiger partial charge in [-0.05, 0) is 43.4 Å². The second kappa shape index (κ2) is 5.85. The average Bonchev–Trinajstić information content (AvgIpc) is 2.38. The lowest BCUT2D eigenvalue weighted by Crippen LogP contribution is -2.25. The zero-order valence-electron chi connectivity index (χ0n) is 11.5. The lowest BCUT2D eigenvalue weighted by atomic mass is 9.90. The maximum absolute atomic E-state index is 11.8. The van der Waals surface area contributed by atoms with Gasteiger partial charge in [-0.1, -0.05) is 42.5 Å². The third kappa shape index (κ3) is 3.12. The van der Waals surface area contributed by atoms with Crippen LogP contribution >= 0.6 is 0 Å². The van der Waals surface area contributed by atoms with Gasteiger partial charge in [0.1, 0.15) is 0 Å². The van der Waals surface area contributed by atoms with E-state index in [1.165, 1.54) is 0 Å². The van der Waals surface area contributed by atoms with E-state index < -0.39 is 0 Å². The molecule has 0 spiro atoms. The summed E-state index contributed by atoms with van der Waals surface area (Å²) in [6, 6.07) is 14.2. The Morgan fingerprint density at radius 2 is 1.84 bits per heavy atom. The molecule has 2 aromatic carbocycles. The Morgan fingerprint density at radius 3 is 2.53 bits per heavy atom. The lowest BCUT2D eigenvalue weighted by Gasteiger charge is -2.18. The lowest BCUT2D eigenvalue weighted by molar-refractivity contribution is -0.119. The van der Waals surface area contributed by atoms with Crippen LogP contribution in [0.3, 0.4) is 0 Å². The summed E-state index contributed by atoms with van der Waals surface area (Å²) in [5.74, 6) is -0.480. The molecular weight excluding hydrogens is 236 g/mol. The summed E-state index contributed by atoms with van der Waals surface area (Å²) in [5.41, 5.74) is 6.62. The monoisotopic (exact) mass is 256 g/mol. The minimum absolute atomic E-state index is 0.228. The van der Waals surface area contributed by atoms with Crippen molar-refractivity contribution < 1.29 is 4.79 Å². The molecule has 0 fully saturated rings. The number of nitrogens with zero attached hydrogens (tertiary/aromatic N) is 1. The van der Waals surface area contributed by atoms with Crippen molar-refractivity contribution in [2.75, 3.05) is 20.6 Å². The highest BCUT2D eigenvalue weighted by molar-refractivity contribution is 5.92. The Bertz CT molecular complexity index is 572. The number of nitrogens with two attached hydrogens (primary N) is 1. The fourth-order valence-electron chi connectivity index (χ4n) is 2.39. The van der Waals surface area contributed by atoms with E-state index in [4.69, 9.17) is 5.73 Å². The standard InChI is InChI=1S/C16H20N2O/c1-18(2)11-10-15(16(17)19)14-9-5-7-12-6-3-4-8-13(12)14/h3-9,15H,10-11H2,1-2H3,(H2,17,19)/t15-/m0/s1. The molecule has 3 heteroatoms. The first-order valence-electron chi connectivity index (χ1n) is 6.51. The van der Waals surface area contributed by atoms with Gasteiger partial charge in [0.15, 0.2) is 0 Å². The predicted molar refractivity (Wildman–Crippen MR) is 79.1 cm³/mol. The van der Waals surface area contributed by atoms with Gasteiger partial charge >= 0.3 is 0 Å². The molecule has 0 aliphatic heterocycles. The molecule has 0 radical (unpaired) electrons. The minimum atomic E-state index is -0.252. The van der Waals surface area contributed by atoms with Crippen molar-refractivity contribution in [1.29, 1.82) is 0 Å². The number of rotatable bonds is 5. The summed E-state index contributed by atoms with van der Waals surface area (Å²) in [7, 11) is 4.00. The molecule has 2 aromatic rings. The molecule has 0 saturated heterocycles. The van der Waals surface area contributed by atoms with Gasteiger partial charge in [0, 0.05) is 0 Å². The average molecular weight is 256 g/mol. The Morgan fingerprint density at radius 1 is 1.16 bits per heavy atom. The number of carbonyl (C=O) groups excluding carboxylic acids is 1. The van der Waals surface area contributed by atoms with Gasteiger partial charge in [-0.15, -0.1) is 0 Å². The van der Waals surface area contributed by atoms with Crippen molar-refractivity contribution >= 4 is 16.7 Å². The maximum Gasteiger partial charge on any atom is 0.225 e. The topological polar surface area (TPSA) is 46.3 Å². The van der Waals surface area contributed by atoms with Crippen LogP contribution in [0.25, 0.3) is 10.8 Å². The van der Waals surface area contributed by atoms with Crippen LogP contribution in [0.5, 0.6) is 0 Å². The molecule has 0 bridgehead atoms. The summed E-state index contributed by atoms with van der Waals surface area (Å²) in [4.78, 5) is 13.8. The van der Waals surface area contributed by atoms with Crippen LogP contribution in [0.2, 0.25) is 0 Å². The number of amides is 1. The molecule has 2 N–H and O–H groups in total. The Balaban J connectivity index is 2.41. The van der Waals surface area contributed by atoms with E-state index in [0.717, 1.165) is 29.3 Å². The highest BCUT2D eigenvalue weighted by Crippen LogP contribution is 2.27. The predicted octanol–water partition coefficient (Wildman–Crippen LogP) is 2.36. The Labute approximate surface area is 114 Å². The Hall–Kier alpha value is -1.87. The molecule has 1 atom stereocenters. The largest absolute Gasteiger partial charge is 0.369 e. The van der Waals surface area contributed by atoms with Gasteiger partial charge in [0.25, 0.3) is 0 Å². The van der Waals surface area contributed by atoms with Crippen molar-refractivity contribution in [3.05, 3.63) is 48.0 Å². The Kier molecular flexibility index (Phi) is 4.17. The van der Waals surface area contributed by atoms with Crippen LogP contribution in [-0.4, -0.2) is 31.4 Å². The van der Waals surface area contributed by atoms with Gasteiger partial charge in [0.2, 0.25) is 5.91 Å². The summed E-state index contributed by atoms with van der Waals surface area (Å²) < 4.78 is 0. The third-order valence-corrected chi connectivity index (χ3v) is 3.41. The van der Waals surface area contributed by atoms with Crippen molar-refractivity contribution in [3.8, 4) is 0 Å². The third-order valence-electron chi connectivity index (χ3n) is 3.41. The molecule has 0 heterocycles. The summed E-state index contributed by atoms with van der Waals surface area (Å²) in [5, 5.41) is 2.27. The summed E-state index contributed by atoms with van der Waals surface area (Å²) in [6.45, 7) is 0.844. The van der Waals surface area contributed by atoms with Crippen molar-refractivity contribution in [1.82, 2.24) is 4.90 Å². The van der Waals surface area contributed by atoms with E-state index in [1.54, 1.807) is 0 Å². The number of primary amides is 1. The number of hydrogen-bond donors (Lipinski definition) is 1. The van der Waals surface area contributed by atoms with Gasteiger partial charge < -0.3 is 10.6 Å². The fourth-order valence-corrected chi connectivity index (χ4v) is 2.39. The highest BCUT2D eigenvalue weighted by atomic mass is 16.1. The number of fused-ring (bicyclic) bond motifs is 1. The van der Waals surface area contributed by atoms with E-state index in [0.29, 0.717) is 0 Å². The van der Waals surface area contributed by atoms with Gasteiger partial charge in [-0.3, -0.25) is 4.79 Å². The quantitative estimate of drug-likeness (QED) is 0.892. The SMILES string of the molecule is CN(C)CC[C@H](C(N)=O)c1cccc2ccccc12. The van der Waals surface area contributed by atoms with E-state index >= 15 is 0 Å². The van der Waals surface area contributed by atoms with Gasteiger partial charge in [0.05, 0.1) is 5.92 Å². The van der Waals surface area contributed by atoms with Crippen molar-refractivity contribution in [2.24, 2.45) is 5.73 Å². The first kappa shape index (κ1) is 13.6. The molecule has 0 aliphatic carbocycles. The van der Waals surface area contributed by atoms with Crippen LogP contribution in [0.15, 0.2) is 42.5 Å². The molecule has 3 nitrogen and oxygen atoms in total. The summed E-state index contributed by atoms with van der Waals surface area (Å²) >= 11 is 0. The van der Waals surface area contributed by atoms with Gasteiger partial charge in [-0.2, -0.15) is 0 Å². The molecule has 19 heavy (non-hydrogen) atoms. The fraction of sp³-hybridized carbons (Fsp3) is 0.312. The number of benzene rings is 2. The van der Waals surface area contributed by atoms with E-state index in [9.17, 15) is 4.79 Å². The van der Waals surface area contributed by atoms with E-state index in [1.807, 2.05) is 38.4 Å². The van der Waals surface area contributed by atoms with Crippen LogP contribution < -0.4 is 5.73 Å². The summed E-state index contributed by atoms with van der Waals surface area (Å²) in [6.07, 6.45) is 0.746. The highest BCUT2D eigenvalue weighted by Gasteiger charge is 2.19.